The summed E-state index contributed by atoms with van der Waals surface area (Å²) in [5.74, 6) is 0.595. The third-order valence-electron chi connectivity index (χ3n) is 5.39. The molecule has 0 aliphatic rings. The summed E-state index contributed by atoms with van der Waals surface area (Å²) < 4.78 is 0. The van der Waals surface area contributed by atoms with Gasteiger partial charge in [-0.25, -0.2) is 14.8 Å². The Morgan fingerprint density at radius 3 is 2.66 bits per heavy atom. The fourth-order valence-electron chi connectivity index (χ4n) is 3.84. The second kappa shape index (κ2) is 9.47. The summed E-state index contributed by atoms with van der Waals surface area (Å²) in [5.41, 5.74) is 6.56. The van der Waals surface area contributed by atoms with E-state index in [1.165, 1.54) is 11.1 Å². The van der Waals surface area contributed by atoms with E-state index in [0.29, 0.717) is 12.5 Å². The van der Waals surface area contributed by atoms with Crippen LogP contribution in [-0.2, 0) is 13.0 Å². The van der Waals surface area contributed by atoms with E-state index < -0.39 is 6.09 Å². The third kappa shape index (κ3) is 5.21. The van der Waals surface area contributed by atoms with Crippen LogP contribution in [0, 0.1) is 6.92 Å². The molecule has 0 saturated heterocycles. The molecule has 32 heavy (non-hydrogen) atoms. The number of benzene rings is 3. The van der Waals surface area contributed by atoms with Crippen LogP contribution in [0.3, 0.4) is 0 Å². The Bertz CT molecular complexity index is 1260. The number of hydrogen-bond acceptors (Lipinski definition) is 4. The van der Waals surface area contributed by atoms with E-state index in [1.807, 2.05) is 42.6 Å². The Kier molecular flexibility index (Phi) is 6.31. The van der Waals surface area contributed by atoms with Gasteiger partial charge in [0.25, 0.3) is 0 Å². The minimum atomic E-state index is -1.02. The van der Waals surface area contributed by atoms with Crippen LogP contribution in [0.15, 0.2) is 72.9 Å². The molecular weight excluding hydrogens is 400 g/mol. The molecule has 6 heteroatoms. The molecule has 0 saturated carbocycles. The van der Waals surface area contributed by atoms with Gasteiger partial charge >= 0.3 is 6.09 Å². The van der Waals surface area contributed by atoms with E-state index in [4.69, 9.17) is 5.11 Å². The van der Waals surface area contributed by atoms with Crippen LogP contribution in [-0.4, -0.2) is 27.2 Å². The van der Waals surface area contributed by atoms with Crippen molar-refractivity contribution >= 4 is 22.9 Å². The maximum Gasteiger partial charge on any atom is 0.404 e. The molecule has 4 rings (SSSR count). The van der Waals surface area contributed by atoms with E-state index in [2.05, 4.69) is 64.8 Å². The molecule has 0 spiro atoms. The van der Waals surface area contributed by atoms with Crippen molar-refractivity contribution in [1.82, 2.24) is 15.3 Å². The molecular formula is C26H26N4O2. The Hall–Kier alpha value is -3.93. The lowest BCUT2D eigenvalue weighted by atomic mass is 9.99. The van der Waals surface area contributed by atoms with Gasteiger partial charge in [0, 0.05) is 24.2 Å². The SMILES string of the molecule is Cc1ccccc1-c1ccc2nc(NC(C)Cc3cccc(CNC(=O)O)c3)ncc2c1. The van der Waals surface area contributed by atoms with Crippen molar-refractivity contribution in [2.75, 3.05) is 5.32 Å². The number of carbonyl (C=O) groups is 1. The zero-order chi connectivity index (χ0) is 22.5. The maximum atomic E-state index is 10.7. The lowest BCUT2D eigenvalue weighted by Gasteiger charge is -2.15. The largest absolute Gasteiger partial charge is 0.465 e. The monoisotopic (exact) mass is 426 g/mol. The molecule has 3 aromatic carbocycles. The standard InChI is InChI=1S/C26H26N4O2/c1-17-6-3-4-9-23(17)21-10-11-24-22(14-21)16-27-25(30-24)29-18(2)12-19-7-5-8-20(13-19)15-28-26(31)32/h3-11,13-14,16,18,28H,12,15H2,1-2H3,(H,31,32)(H,27,29,30). The fourth-order valence-corrected chi connectivity index (χ4v) is 3.84. The summed E-state index contributed by atoms with van der Waals surface area (Å²) in [4.78, 5) is 19.9. The van der Waals surface area contributed by atoms with Gasteiger partial charge in [-0.3, -0.25) is 0 Å². The van der Waals surface area contributed by atoms with Gasteiger partial charge < -0.3 is 15.7 Å². The predicted molar refractivity (Wildman–Crippen MR) is 128 cm³/mol. The van der Waals surface area contributed by atoms with Crippen LogP contribution >= 0.6 is 0 Å². The maximum absolute atomic E-state index is 10.7. The van der Waals surface area contributed by atoms with Crippen LogP contribution in [0.5, 0.6) is 0 Å². The second-order valence-electron chi connectivity index (χ2n) is 8.01. The van der Waals surface area contributed by atoms with Gasteiger partial charge in [0.15, 0.2) is 0 Å². The molecule has 0 fully saturated rings. The van der Waals surface area contributed by atoms with E-state index in [-0.39, 0.29) is 6.04 Å². The van der Waals surface area contributed by atoms with E-state index in [9.17, 15) is 4.79 Å². The number of fused-ring (bicyclic) bond motifs is 1. The molecule has 1 aromatic heterocycles. The minimum Gasteiger partial charge on any atom is -0.465 e. The molecule has 0 bridgehead atoms. The van der Waals surface area contributed by atoms with E-state index in [1.54, 1.807) is 0 Å². The number of amides is 1. The predicted octanol–water partition coefficient (Wildman–Crippen LogP) is 5.42. The van der Waals surface area contributed by atoms with Crippen LogP contribution in [0.2, 0.25) is 0 Å². The van der Waals surface area contributed by atoms with Crippen molar-refractivity contribution < 1.29 is 9.90 Å². The number of nitrogens with one attached hydrogen (secondary N) is 2. The number of anilines is 1. The van der Waals surface area contributed by atoms with Crippen LogP contribution in [0.1, 0.15) is 23.6 Å². The van der Waals surface area contributed by atoms with Crippen molar-refractivity contribution in [2.45, 2.75) is 32.9 Å². The summed E-state index contributed by atoms with van der Waals surface area (Å²) in [6, 6.07) is 22.6. The molecule has 1 unspecified atom stereocenters. The zero-order valence-electron chi connectivity index (χ0n) is 18.2. The average Bonchev–Trinajstić information content (AvgIpc) is 2.78. The first-order valence-corrected chi connectivity index (χ1v) is 10.6. The smallest absolute Gasteiger partial charge is 0.404 e. The third-order valence-corrected chi connectivity index (χ3v) is 5.39. The highest BCUT2D eigenvalue weighted by molar-refractivity contribution is 5.85. The molecule has 162 valence electrons. The van der Waals surface area contributed by atoms with E-state index in [0.717, 1.165) is 34.0 Å². The minimum absolute atomic E-state index is 0.112. The van der Waals surface area contributed by atoms with Gasteiger partial charge in [0.1, 0.15) is 0 Å². The number of carboxylic acid groups (broad SMARTS) is 1. The van der Waals surface area contributed by atoms with Gasteiger partial charge in [0.05, 0.1) is 5.52 Å². The average molecular weight is 427 g/mol. The van der Waals surface area contributed by atoms with Crippen molar-refractivity contribution in [3.8, 4) is 11.1 Å². The summed E-state index contributed by atoms with van der Waals surface area (Å²) in [6.07, 6.45) is 1.61. The fraction of sp³-hybridized carbons (Fsp3) is 0.192. The zero-order valence-corrected chi connectivity index (χ0v) is 18.2. The van der Waals surface area contributed by atoms with Gasteiger partial charge in [-0.15, -0.1) is 0 Å². The lowest BCUT2D eigenvalue weighted by Crippen LogP contribution is -2.21. The molecule has 0 aliphatic carbocycles. The van der Waals surface area contributed by atoms with Crippen LogP contribution in [0.4, 0.5) is 10.7 Å². The summed E-state index contributed by atoms with van der Waals surface area (Å²) >= 11 is 0. The molecule has 1 amide bonds. The molecule has 6 nitrogen and oxygen atoms in total. The second-order valence-corrected chi connectivity index (χ2v) is 8.01. The van der Waals surface area contributed by atoms with Gasteiger partial charge in [0.2, 0.25) is 5.95 Å². The molecule has 1 atom stereocenters. The number of aryl methyl sites for hydroxylation is 1. The van der Waals surface area contributed by atoms with Gasteiger partial charge in [-0.05, 0) is 60.2 Å². The van der Waals surface area contributed by atoms with E-state index >= 15 is 0 Å². The number of hydrogen-bond donors (Lipinski definition) is 3. The summed E-state index contributed by atoms with van der Waals surface area (Å²) in [7, 11) is 0. The van der Waals surface area contributed by atoms with Crippen molar-refractivity contribution in [3.05, 3.63) is 89.6 Å². The molecule has 0 aliphatic heterocycles. The van der Waals surface area contributed by atoms with Crippen LogP contribution in [0.25, 0.3) is 22.0 Å². The van der Waals surface area contributed by atoms with Gasteiger partial charge in [-0.2, -0.15) is 0 Å². The van der Waals surface area contributed by atoms with Crippen molar-refractivity contribution in [3.63, 3.8) is 0 Å². The highest BCUT2D eigenvalue weighted by atomic mass is 16.4. The van der Waals surface area contributed by atoms with Crippen LogP contribution < -0.4 is 10.6 Å². The molecule has 4 aromatic rings. The molecule has 0 radical (unpaired) electrons. The summed E-state index contributed by atoms with van der Waals surface area (Å²) in [6.45, 7) is 4.49. The first-order chi connectivity index (χ1) is 15.5. The number of aromatic nitrogens is 2. The lowest BCUT2D eigenvalue weighted by molar-refractivity contribution is 0.194. The Morgan fingerprint density at radius 1 is 1.03 bits per heavy atom. The molecule has 3 N–H and O–H groups in total. The highest BCUT2D eigenvalue weighted by Crippen LogP contribution is 2.26. The first kappa shape index (κ1) is 21.3. The molecule has 1 heterocycles. The quantitative estimate of drug-likeness (QED) is 0.367. The Balaban J connectivity index is 1.45. The van der Waals surface area contributed by atoms with Crippen molar-refractivity contribution in [1.29, 1.82) is 0 Å². The number of nitrogens with zero attached hydrogens (tertiary/aromatic N) is 2. The topological polar surface area (TPSA) is 87.1 Å². The van der Waals surface area contributed by atoms with Gasteiger partial charge in [-0.1, -0.05) is 54.6 Å². The van der Waals surface area contributed by atoms with Crippen molar-refractivity contribution in [2.24, 2.45) is 0 Å². The number of rotatable bonds is 7. The Morgan fingerprint density at radius 2 is 1.84 bits per heavy atom. The summed E-state index contributed by atoms with van der Waals surface area (Å²) in [5, 5.41) is 15.6. The Labute approximate surface area is 187 Å². The highest BCUT2D eigenvalue weighted by Gasteiger charge is 2.09. The normalized spacial score (nSPS) is 11.8. The first-order valence-electron chi connectivity index (χ1n) is 10.6.